The van der Waals surface area contributed by atoms with E-state index in [1.807, 2.05) is 18.2 Å². The monoisotopic (exact) mass is 694 g/mol. The largest absolute Gasteiger partial charge is 0.460 e. The summed E-state index contributed by atoms with van der Waals surface area (Å²) in [6.07, 6.45) is 11.4. The molecule has 3 heterocycles. The van der Waals surface area contributed by atoms with E-state index in [0.717, 1.165) is 70.0 Å². The second kappa shape index (κ2) is 12.4. The first-order valence-corrected chi connectivity index (χ1v) is 18.7. The molecule has 2 aliphatic rings. The molecule has 6 aromatic carbocycles. The lowest BCUT2D eigenvalue weighted by atomic mass is 9.92. The van der Waals surface area contributed by atoms with Crippen molar-refractivity contribution in [2.24, 2.45) is 0 Å². The third-order valence-corrected chi connectivity index (χ3v) is 11.0. The summed E-state index contributed by atoms with van der Waals surface area (Å²) in [7, 11) is 0. The fourth-order valence-corrected chi connectivity index (χ4v) is 8.39. The van der Waals surface area contributed by atoms with E-state index in [9.17, 15) is 0 Å². The van der Waals surface area contributed by atoms with E-state index in [-0.39, 0.29) is 5.92 Å². The molecule has 0 saturated heterocycles. The molecule has 5 heteroatoms. The molecule has 0 bridgehead atoms. The topological polar surface area (TPSA) is 56.7 Å². The highest BCUT2D eigenvalue weighted by atomic mass is 16.3. The highest BCUT2D eigenvalue weighted by molar-refractivity contribution is 6.15. The number of furan rings is 1. The molecule has 0 aliphatic heterocycles. The average molecular weight is 695 g/mol. The Morgan fingerprint density at radius 3 is 2.17 bits per heavy atom. The summed E-state index contributed by atoms with van der Waals surface area (Å²) in [5.41, 5.74) is 9.96. The zero-order valence-corrected chi connectivity index (χ0v) is 29.5. The molecular formula is C49H34N4O. The van der Waals surface area contributed by atoms with E-state index in [1.54, 1.807) is 0 Å². The smallest absolute Gasteiger partial charge is 0.163 e. The molecule has 0 N–H and O–H groups in total. The van der Waals surface area contributed by atoms with Gasteiger partial charge in [0, 0.05) is 34.2 Å². The van der Waals surface area contributed by atoms with Gasteiger partial charge in [-0.15, -0.1) is 0 Å². The summed E-state index contributed by atoms with van der Waals surface area (Å²) in [5, 5.41) is 6.03. The van der Waals surface area contributed by atoms with Crippen LogP contribution in [0.15, 0.2) is 162 Å². The number of para-hydroxylation sites is 1. The summed E-state index contributed by atoms with van der Waals surface area (Å²) >= 11 is 0. The van der Waals surface area contributed by atoms with Gasteiger partial charge in [-0.1, -0.05) is 127 Å². The van der Waals surface area contributed by atoms with Crippen molar-refractivity contribution >= 4 is 60.8 Å². The second-order valence-electron chi connectivity index (χ2n) is 14.3. The maximum Gasteiger partial charge on any atom is 0.163 e. The first kappa shape index (κ1) is 30.7. The minimum Gasteiger partial charge on any atom is -0.460 e. The summed E-state index contributed by atoms with van der Waals surface area (Å²) in [6, 6.07) is 49.2. The zero-order chi connectivity index (χ0) is 35.6. The van der Waals surface area contributed by atoms with Crippen molar-refractivity contribution < 1.29 is 4.42 Å². The molecule has 9 aromatic rings. The number of nitrogens with zero attached hydrogens (tertiary/aromatic N) is 4. The van der Waals surface area contributed by atoms with Gasteiger partial charge in [0.1, 0.15) is 17.2 Å². The molecule has 2 aliphatic carbocycles. The van der Waals surface area contributed by atoms with Gasteiger partial charge >= 0.3 is 0 Å². The molecule has 0 amide bonds. The molecule has 5 nitrogen and oxygen atoms in total. The van der Waals surface area contributed by atoms with Gasteiger partial charge in [-0.25, -0.2) is 15.0 Å². The van der Waals surface area contributed by atoms with Gasteiger partial charge in [0.05, 0.1) is 22.1 Å². The third-order valence-electron chi connectivity index (χ3n) is 11.0. The lowest BCUT2D eigenvalue weighted by molar-refractivity contribution is 0.547. The molecule has 0 radical (unpaired) electrons. The Morgan fingerprint density at radius 1 is 0.611 bits per heavy atom. The van der Waals surface area contributed by atoms with Crippen molar-refractivity contribution in [2.75, 3.05) is 0 Å². The van der Waals surface area contributed by atoms with Crippen LogP contribution in [0.25, 0.3) is 77.8 Å². The van der Waals surface area contributed by atoms with Crippen LogP contribution in [0.2, 0.25) is 0 Å². The van der Waals surface area contributed by atoms with Crippen molar-refractivity contribution in [2.45, 2.75) is 25.2 Å². The van der Waals surface area contributed by atoms with Crippen molar-refractivity contribution in [3.05, 3.63) is 186 Å². The summed E-state index contributed by atoms with van der Waals surface area (Å²) in [5.74, 6) is 3.27. The number of fused-ring (bicyclic) bond motifs is 7. The molecule has 0 fully saturated rings. The molecule has 1 atom stereocenters. The Hall–Kier alpha value is -6.85. The molecule has 1 unspecified atom stereocenters. The lowest BCUT2D eigenvalue weighted by Gasteiger charge is -2.18. The highest BCUT2D eigenvalue weighted by Crippen LogP contribution is 2.42. The summed E-state index contributed by atoms with van der Waals surface area (Å²) < 4.78 is 9.05. The van der Waals surface area contributed by atoms with Crippen LogP contribution in [-0.2, 0) is 6.42 Å². The zero-order valence-electron chi connectivity index (χ0n) is 29.5. The van der Waals surface area contributed by atoms with Gasteiger partial charge in [-0.2, -0.15) is 0 Å². The van der Waals surface area contributed by atoms with Crippen LogP contribution < -0.4 is 0 Å². The summed E-state index contributed by atoms with van der Waals surface area (Å²) in [4.78, 5) is 15.4. The molecule has 0 saturated carbocycles. The number of aromatic nitrogens is 4. The lowest BCUT2D eigenvalue weighted by Crippen LogP contribution is -2.11. The number of allylic oxidation sites excluding steroid dienone is 5. The molecular weight excluding hydrogens is 661 g/mol. The minimum absolute atomic E-state index is 0.0502. The van der Waals surface area contributed by atoms with Crippen LogP contribution in [-0.4, -0.2) is 19.5 Å². The van der Waals surface area contributed by atoms with Crippen LogP contribution in [0.3, 0.4) is 0 Å². The minimum atomic E-state index is 0.0502. The Bertz CT molecular complexity index is 3020. The van der Waals surface area contributed by atoms with Gasteiger partial charge in [0.2, 0.25) is 0 Å². The maximum absolute atomic E-state index is 6.64. The van der Waals surface area contributed by atoms with Crippen molar-refractivity contribution in [1.82, 2.24) is 19.5 Å². The molecule has 256 valence electrons. The Kier molecular flexibility index (Phi) is 7.05. The average Bonchev–Trinajstić information content (AvgIpc) is 3.78. The third kappa shape index (κ3) is 5.04. The van der Waals surface area contributed by atoms with E-state index in [1.165, 1.54) is 43.7 Å². The van der Waals surface area contributed by atoms with E-state index in [4.69, 9.17) is 19.4 Å². The molecule has 11 rings (SSSR count). The van der Waals surface area contributed by atoms with Crippen molar-refractivity contribution in [1.29, 1.82) is 0 Å². The van der Waals surface area contributed by atoms with E-state index in [2.05, 4.69) is 150 Å². The second-order valence-corrected chi connectivity index (χ2v) is 14.3. The SMILES string of the molecule is C1=CC(c2nc(C3=Cc4c(oc5cccc(-n6c7ccccc7c7cc8ccccc8cc76)c45)CC3)nc(-c3ccccc3)n2)CC=C1c1ccccc1. The normalized spacial score (nSPS) is 15.5. The predicted octanol–water partition coefficient (Wildman–Crippen LogP) is 12.1. The van der Waals surface area contributed by atoms with E-state index in [0.29, 0.717) is 5.82 Å². The van der Waals surface area contributed by atoms with E-state index < -0.39 is 0 Å². The van der Waals surface area contributed by atoms with Crippen LogP contribution >= 0.6 is 0 Å². The highest BCUT2D eigenvalue weighted by Gasteiger charge is 2.26. The van der Waals surface area contributed by atoms with Gasteiger partial charge < -0.3 is 8.98 Å². The fraction of sp³-hybridized carbons (Fsp3) is 0.0816. The first-order valence-electron chi connectivity index (χ1n) is 18.7. The van der Waals surface area contributed by atoms with Gasteiger partial charge in [-0.3, -0.25) is 0 Å². The predicted molar refractivity (Wildman–Crippen MR) is 220 cm³/mol. The number of hydrogen-bond acceptors (Lipinski definition) is 4. The summed E-state index contributed by atoms with van der Waals surface area (Å²) in [6.45, 7) is 0. The maximum atomic E-state index is 6.64. The van der Waals surface area contributed by atoms with Crippen LogP contribution in [0.1, 0.15) is 47.3 Å². The van der Waals surface area contributed by atoms with Gasteiger partial charge in [-0.05, 0) is 76.7 Å². The number of benzene rings is 6. The van der Waals surface area contributed by atoms with Crippen LogP contribution in [0.4, 0.5) is 0 Å². The van der Waals surface area contributed by atoms with E-state index >= 15 is 0 Å². The quantitative estimate of drug-likeness (QED) is 0.180. The number of rotatable bonds is 5. The van der Waals surface area contributed by atoms with Gasteiger partial charge in [0.25, 0.3) is 0 Å². The Labute approximate surface area is 312 Å². The number of aryl methyl sites for hydroxylation is 1. The molecule has 3 aromatic heterocycles. The van der Waals surface area contributed by atoms with Gasteiger partial charge in [0.15, 0.2) is 11.6 Å². The van der Waals surface area contributed by atoms with Crippen molar-refractivity contribution in [3.63, 3.8) is 0 Å². The fourth-order valence-electron chi connectivity index (χ4n) is 8.39. The van der Waals surface area contributed by atoms with Crippen LogP contribution in [0, 0.1) is 0 Å². The molecule has 54 heavy (non-hydrogen) atoms. The Morgan fingerprint density at radius 2 is 1.35 bits per heavy atom. The van der Waals surface area contributed by atoms with Crippen LogP contribution in [0.5, 0.6) is 0 Å². The number of hydrogen-bond donors (Lipinski definition) is 0. The first-order chi connectivity index (χ1) is 26.7. The standard InChI is InChI=1S/C49H34N4O/c1-3-12-31(13-4-1)32-22-24-34(25-23-32)48-50-47(33-14-5-2-6-15-33)51-49(52-48)37-26-27-44-40(29-37)46-42(20-11-21-45(46)54-44)53-41-19-10-9-18-38(41)39-28-35-16-7-8-17-36(35)30-43(39)53/h1-24,28-30,34H,25-27H2. The van der Waals surface area contributed by atoms with Crippen molar-refractivity contribution in [3.8, 4) is 17.1 Å². The Balaban J connectivity index is 1.07. The molecule has 0 spiro atoms.